The summed E-state index contributed by atoms with van der Waals surface area (Å²) in [7, 11) is 0. The van der Waals surface area contributed by atoms with Gasteiger partial charge in [0.15, 0.2) is 5.96 Å². The zero-order valence-electron chi connectivity index (χ0n) is 14.0. The Morgan fingerprint density at radius 3 is 2.79 bits per heavy atom. The monoisotopic (exact) mass is 329 g/mol. The van der Waals surface area contributed by atoms with Crippen LogP contribution in [0.25, 0.3) is 0 Å². The van der Waals surface area contributed by atoms with Crippen molar-refractivity contribution in [1.29, 1.82) is 5.26 Å². The summed E-state index contributed by atoms with van der Waals surface area (Å²) in [6.45, 7) is 6.84. The van der Waals surface area contributed by atoms with Crippen LogP contribution < -0.4 is 10.6 Å². The molecule has 1 heterocycles. The van der Waals surface area contributed by atoms with Crippen LogP contribution in [0.5, 0.6) is 0 Å². The first-order valence-electron chi connectivity index (χ1n) is 7.67. The average Bonchev–Trinajstić information content (AvgIpc) is 2.89. The van der Waals surface area contributed by atoms with E-state index in [9.17, 15) is 4.39 Å². The van der Waals surface area contributed by atoms with Gasteiger partial charge in [0.05, 0.1) is 30.4 Å². The molecule has 1 aromatic carbocycles. The lowest BCUT2D eigenvalue weighted by molar-refractivity contribution is 0.463. The number of aryl methyl sites for hydroxylation is 2. The van der Waals surface area contributed by atoms with Crippen molar-refractivity contribution in [2.75, 3.05) is 6.54 Å². The molecule has 0 saturated carbocycles. The Hall–Kier alpha value is -2.88. The fourth-order valence-corrected chi connectivity index (χ4v) is 2.05. The molecule has 0 spiro atoms. The molecule has 2 N–H and O–H groups in total. The highest BCUT2D eigenvalue weighted by Gasteiger charge is 2.07. The first-order valence-corrected chi connectivity index (χ1v) is 7.67. The van der Waals surface area contributed by atoms with Crippen LogP contribution >= 0.6 is 0 Å². The molecule has 7 heteroatoms. The van der Waals surface area contributed by atoms with E-state index in [1.54, 1.807) is 0 Å². The van der Waals surface area contributed by atoms with Gasteiger partial charge < -0.3 is 15.1 Å². The van der Waals surface area contributed by atoms with Crippen molar-refractivity contribution in [3.8, 4) is 6.07 Å². The summed E-state index contributed by atoms with van der Waals surface area (Å²) in [6, 6.07) is 6.22. The van der Waals surface area contributed by atoms with E-state index in [2.05, 4.69) is 20.6 Å². The van der Waals surface area contributed by atoms with Crippen LogP contribution in [-0.2, 0) is 13.1 Å². The average molecular weight is 329 g/mol. The van der Waals surface area contributed by atoms with Gasteiger partial charge in [0, 0.05) is 12.1 Å². The van der Waals surface area contributed by atoms with Crippen LogP contribution in [0, 0.1) is 31.0 Å². The third-order valence-corrected chi connectivity index (χ3v) is 3.41. The molecule has 0 fully saturated rings. The van der Waals surface area contributed by atoms with Gasteiger partial charge >= 0.3 is 0 Å². The van der Waals surface area contributed by atoms with Crippen molar-refractivity contribution in [2.45, 2.75) is 33.9 Å². The first-order chi connectivity index (χ1) is 11.5. The number of nitriles is 1. The van der Waals surface area contributed by atoms with Gasteiger partial charge in [-0.1, -0.05) is 0 Å². The summed E-state index contributed by atoms with van der Waals surface area (Å²) in [5.41, 5.74) is 1.63. The van der Waals surface area contributed by atoms with E-state index in [-0.39, 0.29) is 12.4 Å². The summed E-state index contributed by atoms with van der Waals surface area (Å²) < 4.78 is 19.3. The lowest BCUT2D eigenvalue weighted by atomic mass is 10.1. The van der Waals surface area contributed by atoms with Crippen molar-refractivity contribution < 1.29 is 8.81 Å². The molecule has 2 rings (SSSR count). The molecule has 0 amide bonds. The molecule has 0 atom stereocenters. The van der Waals surface area contributed by atoms with Crippen molar-refractivity contribution in [1.82, 2.24) is 15.6 Å². The molecule has 6 nitrogen and oxygen atoms in total. The second kappa shape index (κ2) is 8.11. The fraction of sp³-hybridized carbons (Fsp3) is 0.353. The quantitative estimate of drug-likeness (QED) is 0.650. The Bertz CT molecular complexity index is 756. The maximum atomic E-state index is 13.8. The molecule has 0 saturated heterocycles. The topological polar surface area (TPSA) is 86.2 Å². The normalized spacial score (nSPS) is 11.2. The predicted molar refractivity (Wildman–Crippen MR) is 88.7 cm³/mol. The number of benzene rings is 1. The van der Waals surface area contributed by atoms with Gasteiger partial charge in [0.1, 0.15) is 11.6 Å². The van der Waals surface area contributed by atoms with Crippen LogP contribution in [0.2, 0.25) is 0 Å². The fourth-order valence-electron chi connectivity index (χ4n) is 2.05. The molecule has 2 aromatic rings. The molecule has 0 unspecified atom stereocenters. The molecule has 126 valence electrons. The predicted octanol–water partition coefficient (Wildman–Crippen LogP) is 2.56. The Balaban J connectivity index is 2.06. The molecule has 1 aromatic heterocycles. The number of nitrogens with zero attached hydrogens (tertiary/aromatic N) is 3. The number of rotatable bonds is 5. The smallest absolute Gasteiger partial charge is 0.214 e. The molecule has 0 aliphatic carbocycles. The van der Waals surface area contributed by atoms with Crippen LogP contribution in [0.3, 0.4) is 0 Å². The third-order valence-electron chi connectivity index (χ3n) is 3.41. The summed E-state index contributed by atoms with van der Waals surface area (Å²) in [6.07, 6.45) is 0. The minimum atomic E-state index is -0.382. The highest BCUT2D eigenvalue weighted by molar-refractivity contribution is 5.79. The Labute approximate surface area is 140 Å². The van der Waals surface area contributed by atoms with Crippen LogP contribution in [0.15, 0.2) is 27.6 Å². The minimum Gasteiger partial charge on any atom is -0.444 e. The SMILES string of the molecule is CCNC(=NCc1cc(C#N)ccc1F)NCc1nc(C)c(C)o1. The maximum Gasteiger partial charge on any atom is 0.214 e. The van der Waals surface area contributed by atoms with Crippen LogP contribution in [0.1, 0.15) is 35.4 Å². The Morgan fingerprint density at radius 1 is 1.38 bits per heavy atom. The molecule has 0 bridgehead atoms. The molecule has 24 heavy (non-hydrogen) atoms. The number of hydrogen-bond acceptors (Lipinski definition) is 4. The van der Waals surface area contributed by atoms with Gasteiger partial charge in [-0.15, -0.1) is 0 Å². The van der Waals surface area contributed by atoms with Crippen molar-refractivity contribution >= 4 is 5.96 Å². The number of nitrogens with one attached hydrogen (secondary N) is 2. The van der Waals surface area contributed by atoms with Gasteiger partial charge in [0.2, 0.25) is 5.89 Å². The standard InChI is InChI=1S/C17H20FN5O/c1-4-20-17(22-10-16-23-11(2)12(3)24-16)21-9-14-7-13(8-19)5-6-15(14)18/h5-7H,4,9-10H2,1-3H3,(H2,20,21,22). The van der Waals surface area contributed by atoms with E-state index in [0.717, 1.165) is 11.5 Å². The lowest BCUT2D eigenvalue weighted by Gasteiger charge is -2.10. The van der Waals surface area contributed by atoms with Crippen molar-refractivity contribution in [3.63, 3.8) is 0 Å². The number of aliphatic imine (C=N–C) groups is 1. The zero-order valence-corrected chi connectivity index (χ0v) is 14.0. The van der Waals surface area contributed by atoms with E-state index in [1.165, 1.54) is 18.2 Å². The molecule has 0 radical (unpaired) electrons. The van der Waals surface area contributed by atoms with E-state index < -0.39 is 0 Å². The molecule has 0 aliphatic rings. The van der Waals surface area contributed by atoms with Gasteiger partial charge in [-0.3, -0.25) is 0 Å². The molecule has 0 aliphatic heterocycles. The van der Waals surface area contributed by atoms with E-state index >= 15 is 0 Å². The van der Waals surface area contributed by atoms with Crippen molar-refractivity contribution in [2.24, 2.45) is 4.99 Å². The summed E-state index contributed by atoms with van der Waals surface area (Å²) in [4.78, 5) is 8.63. The van der Waals surface area contributed by atoms with Gasteiger partial charge in [-0.05, 0) is 39.0 Å². The van der Waals surface area contributed by atoms with Gasteiger partial charge in [-0.2, -0.15) is 5.26 Å². The zero-order chi connectivity index (χ0) is 17.5. The lowest BCUT2D eigenvalue weighted by Crippen LogP contribution is -2.36. The highest BCUT2D eigenvalue weighted by atomic mass is 19.1. The summed E-state index contributed by atoms with van der Waals surface area (Å²) in [5, 5.41) is 15.1. The largest absolute Gasteiger partial charge is 0.444 e. The second-order valence-electron chi connectivity index (χ2n) is 5.22. The maximum absolute atomic E-state index is 13.8. The minimum absolute atomic E-state index is 0.125. The van der Waals surface area contributed by atoms with Crippen LogP contribution in [-0.4, -0.2) is 17.5 Å². The number of hydrogen-bond donors (Lipinski definition) is 2. The number of aromatic nitrogens is 1. The first kappa shape index (κ1) is 17.5. The number of halogens is 1. The van der Waals surface area contributed by atoms with E-state index in [0.29, 0.717) is 36.1 Å². The van der Waals surface area contributed by atoms with Gasteiger partial charge in [0.25, 0.3) is 0 Å². The van der Waals surface area contributed by atoms with Crippen LogP contribution in [0.4, 0.5) is 4.39 Å². The molecular weight excluding hydrogens is 309 g/mol. The summed E-state index contributed by atoms with van der Waals surface area (Å²) in [5.74, 6) is 1.48. The third kappa shape index (κ3) is 4.56. The van der Waals surface area contributed by atoms with Crippen molar-refractivity contribution in [3.05, 3.63) is 52.5 Å². The number of guanidine groups is 1. The van der Waals surface area contributed by atoms with E-state index in [1.807, 2.05) is 26.8 Å². The van der Waals surface area contributed by atoms with E-state index in [4.69, 9.17) is 9.68 Å². The number of oxazole rings is 1. The second-order valence-corrected chi connectivity index (χ2v) is 5.22. The Kier molecular flexibility index (Phi) is 5.90. The summed E-state index contributed by atoms with van der Waals surface area (Å²) >= 11 is 0. The Morgan fingerprint density at radius 2 is 2.17 bits per heavy atom. The highest BCUT2D eigenvalue weighted by Crippen LogP contribution is 2.11. The molecular formula is C17H20FN5O. The van der Waals surface area contributed by atoms with Gasteiger partial charge in [-0.25, -0.2) is 14.4 Å².